The lowest BCUT2D eigenvalue weighted by atomic mass is 10.1. The summed E-state index contributed by atoms with van der Waals surface area (Å²) >= 11 is 5.15. The Morgan fingerprint density at radius 1 is 1.14 bits per heavy atom. The van der Waals surface area contributed by atoms with Crippen molar-refractivity contribution in [2.75, 3.05) is 27.7 Å². The van der Waals surface area contributed by atoms with Crippen LogP contribution in [0.3, 0.4) is 0 Å². The fourth-order valence-electron chi connectivity index (χ4n) is 1.76. The van der Waals surface area contributed by atoms with Crippen LogP contribution >= 0.6 is 11.6 Å². The number of carboxylic acid groups (broad SMARTS) is 1. The number of likely N-dealkylation sites (N-methyl/N-ethyl adjacent to an activating group) is 1. The van der Waals surface area contributed by atoms with Gasteiger partial charge in [-0.2, -0.15) is 0 Å². The molecule has 1 N–H and O–H groups in total. The highest BCUT2D eigenvalue weighted by atomic mass is 35.5. The minimum absolute atomic E-state index is 0.198. The minimum Gasteiger partial charge on any atom is -0.550 e. The van der Waals surface area contributed by atoms with Gasteiger partial charge in [0, 0.05) is 18.8 Å². The summed E-state index contributed by atoms with van der Waals surface area (Å²) in [5, 5.41) is 18.9. The Kier molecular flexibility index (Phi) is 14.1. The molecule has 6 heteroatoms. The van der Waals surface area contributed by atoms with E-state index < -0.39 is 12.1 Å². The summed E-state index contributed by atoms with van der Waals surface area (Å²) < 4.78 is 0.550. The summed E-state index contributed by atoms with van der Waals surface area (Å²) in [5.74, 6) is -1.20. The number of carboxylic acids is 1. The lowest BCUT2D eigenvalue weighted by Gasteiger charge is -2.26. The van der Waals surface area contributed by atoms with E-state index in [1.54, 1.807) is 0 Å². The number of rotatable bonds is 10. The first-order valence-electron chi connectivity index (χ1n) is 7.45. The fraction of sp³-hybridized carbons (Fsp3) is 0.867. The third-order valence-corrected chi connectivity index (χ3v) is 2.83. The van der Waals surface area contributed by atoms with Gasteiger partial charge in [-0.25, -0.2) is 0 Å². The molecule has 0 aliphatic carbocycles. The van der Waals surface area contributed by atoms with Gasteiger partial charge in [-0.05, 0) is 18.0 Å². The molecule has 0 aliphatic rings. The molecule has 0 saturated heterocycles. The first-order chi connectivity index (χ1) is 9.58. The van der Waals surface area contributed by atoms with E-state index in [1.165, 1.54) is 19.3 Å². The molecule has 126 valence electrons. The second-order valence-corrected chi connectivity index (χ2v) is 6.64. The van der Waals surface area contributed by atoms with Gasteiger partial charge in [-0.3, -0.25) is 4.79 Å². The summed E-state index contributed by atoms with van der Waals surface area (Å²) in [6.07, 6.45) is 5.32. The summed E-state index contributed by atoms with van der Waals surface area (Å²) in [7, 11) is 5.66. The van der Waals surface area contributed by atoms with Crippen LogP contribution in [0.15, 0.2) is 0 Å². The zero-order chi connectivity index (χ0) is 16.9. The number of aliphatic hydroxyl groups is 1. The van der Waals surface area contributed by atoms with Gasteiger partial charge in [-0.15, -0.1) is 0 Å². The van der Waals surface area contributed by atoms with Gasteiger partial charge in [0.2, 0.25) is 5.24 Å². The third kappa shape index (κ3) is 24.7. The van der Waals surface area contributed by atoms with E-state index in [4.69, 9.17) is 16.7 Å². The second-order valence-electron chi connectivity index (χ2n) is 6.22. The standard InChI is InChI=1S/C8H15ClO.C7H15NO3/c1-2-3-4-5-6-7-8(9)10;1-8(2,3)5-6(9)4-7(10)11/h2-7H2,1H3;6,9H,4-5H2,1-3H3. The minimum atomic E-state index is -1.20. The molecular weight excluding hydrogens is 294 g/mol. The number of quaternary nitrogens is 1. The highest BCUT2D eigenvalue weighted by Gasteiger charge is 2.14. The van der Waals surface area contributed by atoms with Crippen LogP contribution in [-0.2, 0) is 9.59 Å². The first kappa shape index (κ1) is 22.6. The number of nitrogens with zero attached hydrogens (tertiary/aromatic N) is 1. The molecule has 0 rings (SSSR count). The van der Waals surface area contributed by atoms with E-state index in [1.807, 2.05) is 21.1 Å². The van der Waals surface area contributed by atoms with Crippen LogP contribution in [0.1, 0.15) is 51.9 Å². The Hall–Kier alpha value is -0.650. The topological polar surface area (TPSA) is 77.4 Å². The van der Waals surface area contributed by atoms with Gasteiger partial charge in [-0.1, -0.05) is 32.6 Å². The SMILES string of the molecule is CCCCCCCC(=O)Cl.C[N+](C)(C)CC(O)CC(=O)[O-]. The van der Waals surface area contributed by atoms with Gasteiger partial charge >= 0.3 is 0 Å². The number of unbranched alkanes of at least 4 members (excludes halogenated alkanes) is 4. The molecule has 5 nitrogen and oxygen atoms in total. The Morgan fingerprint density at radius 2 is 1.67 bits per heavy atom. The molecule has 21 heavy (non-hydrogen) atoms. The van der Waals surface area contributed by atoms with Crippen molar-refractivity contribution in [1.29, 1.82) is 0 Å². The van der Waals surface area contributed by atoms with Crippen molar-refractivity contribution in [1.82, 2.24) is 0 Å². The van der Waals surface area contributed by atoms with Crippen LogP contribution in [0.5, 0.6) is 0 Å². The van der Waals surface area contributed by atoms with E-state index >= 15 is 0 Å². The van der Waals surface area contributed by atoms with E-state index in [0.717, 1.165) is 12.8 Å². The highest BCUT2D eigenvalue weighted by molar-refractivity contribution is 6.63. The third-order valence-electron chi connectivity index (χ3n) is 2.64. The monoisotopic (exact) mass is 323 g/mol. The van der Waals surface area contributed by atoms with Crippen LogP contribution in [0.25, 0.3) is 0 Å². The Morgan fingerprint density at radius 3 is 2.05 bits per heavy atom. The number of aliphatic hydroxyl groups excluding tert-OH is 1. The van der Waals surface area contributed by atoms with Crippen molar-refractivity contribution in [2.45, 2.75) is 58.0 Å². The maximum absolute atomic E-state index is 10.2. The van der Waals surface area contributed by atoms with Gasteiger partial charge in [0.15, 0.2) is 0 Å². The lowest BCUT2D eigenvalue weighted by molar-refractivity contribution is -0.873. The number of hydrogen-bond donors (Lipinski definition) is 1. The average molecular weight is 324 g/mol. The summed E-state index contributed by atoms with van der Waals surface area (Å²) in [5.41, 5.74) is 0. The van der Waals surface area contributed by atoms with Crippen molar-refractivity contribution in [3.05, 3.63) is 0 Å². The summed E-state index contributed by atoms with van der Waals surface area (Å²) in [6.45, 7) is 2.60. The van der Waals surface area contributed by atoms with E-state index in [2.05, 4.69) is 6.92 Å². The predicted octanol–water partition coefficient (Wildman–Crippen LogP) is 1.31. The molecule has 1 unspecified atom stereocenters. The van der Waals surface area contributed by atoms with Crippen LogP contribution in [-0.4, -0.2) is 54.6 Å². The Balaban J connectivity index is 0. The van der Waals surface area contributed by atoms with Crippen molar-refractivity contribution >= 4 is 22.8 Å². The Labute approximate surface area is 133 Å². The van der Waals surface area contributed by atoms with Crippen LogP contribution in [0.4, 0.5) is 0 Å². The van der Waals surface area contributed by atoms with Crippen molar-refractivity contribution < 1.29 is 24.3 Å². The maximum Gasteiger partial charge on any atom is 0.221 e. The normalized spacial score (nSPS) is 12.3. The lowest BCUT2D eigenvalue weighted by Crippen LogP contribution is -2.43. The predicted molar refractivity (Wildman–Crippen MR) is 82.8 cm³/mol. The van der Waals surface area contributed by atoms with Crippen LogP contribution in [0, 0.1) is 0 Å². The van der Waals surface area contributed by atoms with Crippen molar-refractivity contribution in [2.24, 2.45) is 0 Å². The first-order valence-corrected chi connectivity index (χ1v) is 7.83. The van der Waals surface area contributed by atoms with E-state index in [-0.39, 0.29) is 11.7 Å². The molecule has 0 saturated carbocycles. The maximum atomic E-state index is 10.2. The van der Waals surface area contributed by atoms with Gasteiger partial charge in [0.1, 0.15) is 12.6 Å². The second kappa shape index (κ2) is 13.0. The molecule has 0 aliphatic heterocycles. The molecule has 0 radical (unpaired) electrons. The van der Waals surface area contributed by atoms with E-state index in [0.29, 0.717) is 17.4 Å². The molecule has 0 aromatic heterocycles. The quantitative estimate of drug-likeness (QED) is 0.373. The van der Waals surface area contributed by atoms with Crippen LogP contribution in [0.2, 0.25) is 0 Å². The average Bonchev–Trinajstić information content (AvgIpc) is 2.25. The largest absolute Gasteiger partial charge is 0.550 e. The van der Waals surface area contributed by atoms with Crippen molar-refractivity contribution in [3.63, 3.8) is 0 Å². The summed E-state index contributed by atoms with van der Waals surface area (Å²) in [6, 6.07) is 0. The molecule has 0 amide bonds. The Bertz CT molecular complexity index is 290. The molecule has 0 spiro atoms. The molecule has 1 atom stereocenters. The number of hydrogen-bond acceptors (Lipinski definition) is 4. The molecular formula is C15H30ClNO4. The highest BCUT2D eigenvalue weighted by Crippen LogP contribution is 2.05. The van der Waals surface area contributed by atoms with Gasteiger partial charge in [0.25, 0.3) is 0 Å². The zero-order valence-corrected chi connectivity index (χ0v) is 14.5. The number of aliphatic carboxylic acids is 1. The van der Waals surface area contributed by atoms with Gasteiger partial charge < -0.3 is 19.5 Å². The molecule has 0 fully saturated rings. The number of carbonyl (C=O) groups is 2. The van der Waals surface area contributed by atoms with Crippen molar-refractivity contribution in [3.8, 4) is 0 Å². The number of halogens is 1. The number of carbonyl (C=O) groups excluding carboxylic acids is 2. The summed E-state index contributed by atoms with van der Waals surface area (Å²) in [4.78, 5) is 20.3. The van der Waals surface area contributed by atoms with Crippen LogP contribution < -0.4 is 5.11 Å². The smallest absolute Gasteiger partial charge is 0.221 e. The molecule has 0 aromatic carbocycles. The molecule has 0 heterocycles. The van der Waals surface area contributed by atoms with Gasteiger partial charge in [0.05, 0.1) is 21.1 Å². The zero-order valence-electron chi connectivity index (χ0n) is 13.7. The fourth-order valence-corrected chi connectivity index (χ4v) is 1.89. The molecule has 0 bridgehead atoms. The van der Waals surface area contributed by atoms with E-state index in [9.17, 15) is 14.7 Å². The molecule has 0 aromatic rings.